The van der Waals surface area contributed by atoms with Gasteiger partial charge in [0.2, 0.25) is 5.95 Å². The van der Waals surface area contributed by atoms with E-state index in [1.807, 2.05) is 45.0 Å². The minimum absolute atomic E-state index is 0.0338. The summed E-state index contributed by atoms with van der Waals surface area (Å²) >= 11 is 0. The number of aromatic nitrogens is 5. The van der Waals surface area contributed by atoms with Crippen molar-refractivity contribution in [2.75, 3.05) is 15.8 Å². The number of hydrogen-bond acceptors (Lipinski definition) is 9. The first-order valence-corrected chi connectivity index (χ1v) is 16.3. The molecule has 238 valence electrons. The average Bonchev–Trinajstić information content (AvgIpc) is 3.06. The third-order valence-electron chi connectivity index (χ3n) is 7.78. The number of nitrogens with two attached hydrogens (primary N) is 1. The van der Waals surface area contributed by atoms with Crippen molar-refractivity contribution >= 4 is 38.4 Å². The number of nitrogens with zero attached hydrogens (tertiary/aromatic N) is 5. The molecule has 11 nitrogen and oxygen atoms in total. The van der Waals surface area contributed by atoms with Gasteiger partial charge in [-0.3, -0.25) is 19.1 Å². The van der Waals surface area contributed by atoms with E-state index in [0.717, 1.165) is 11.1 Å². The highest BCUT2D eigenvalue weighted by molar-refractivity contribution is 7.92. The Morgan fingerprint density at radius 1 is 0.936 bits per heavy atom. The summed E-state index contributed by atoms with van der Waals surface area (Å²) < 4.78 is 45.9. The lowest BCUT2D eigenvalue weighted by atomic mass is 10.1. The quantitative estimate of drug-likeness (QED) is 0.172. The number of aryl methyl sites for hydroxylation is 2. The van der Waals surface area contributed by atoms with Gasteiger partial charge in [-0.05, 0) is 61.7 Å². The molecule has 47 heavy (non-hydrogen) atoms. The Hall–Kier alpha value is -5.69. The standard InChI is InChI=1S/C34H31FN8O3S/c1-4-27(32-40-28-15-9-14-26(35)29(28)33(44)43(32)23-12-6-5-7-13-23)39-31-25(19-38-34(36)41-31)22-16-24(18-37-17-22)47(45,46)42-30-20(2)10-8-11-21(30)3/h5-19,27,42H,4H2,1-3H3,(H3,36,38,39,41). The summed E-state index contributed by atoms with van der Waals surface area (Å²) in [6, 6.07) is 19.5. The molecule has 0 aliphatic rings. The van der Waals surface area contributed by atoms with Crippen LogP contribution in [-0.2, 0) is 10.0 Å². The monoisotopic (exact) mass is 650 g/mol. The van der Waals surface area contributed by atoms with Crippen molar-refractivity contribution in [3.8, 4) is 16.8 Å². The van der Waals surface area contributed by atoms with Gasteiger partial charge in [0, 0.05) is 29.7 Å². The fourth-order valence-electron chi connectivity index (χ4n) is 5.38. The molecule has 0 aliphatic carbocycles. The SMILES string of the molecule is CCC(Nc1nc(N)ncc1-c1cncc(S(=O)(=O)Nc2c(C)cccc2C)c1)c1nc2cccc(F)c2c(=O)n1-c1ccccc1. The van der Waals surface area contributed by atoms with Crippen LogP contribution in [0.1, 0.15) is 36.3 Å². The van der Waals surface area contributed by atoms with E-state index < -0.39 is 27.4 Å². The lowest BCUT2D eigenvalue weighted by Crippen LogP contribution is -2.29. The fraction of sp³-hybridized carbons (Fsp3) is 0.147. The van der Waals surface area contributed by atoms with Crippen molar-refractivity contribution in [1.29, 1.82) is 0 Å². The van der Waals surface area contributed by atoms with Crippen molar-refractivity contribution in [2.24, 2.45) is 0 Å². The number of pyridine rings is 1. The van der Waals surface area contributed by atoms with Gasteiger partial charge < -0.3 is 11.1 Å². The second-order valence-corrected chi connectivity index (χ2v) is 12.6. The molecule has 6 rings (SSSR count). The van der Waals surface area contributed by atoms with Gasteiger partial charge in [0.25, 0.3) is 15.6 Å². The summed E-state index contributed by atoms with van der Waals surface area (Å²) in [5.41, 5.74) is 9.03. The predicted octanol–water partition coefficient (Wildman–Crippen LogP) is 5.94. The number of halogens is 1. The van der Waals surface area contributed by atoms with Gasteiger partial charge in [0.05, 0.1) is 22.9 Å². The minimum atomic E-state index is -4.02. The highest BCUT2D eigenvalue weighted by Crippen LogP contribution is 2.32. The number of rotatable bonds is 9. The molecule has 0 saturated carbocycles. The maximum Gasteiger partial charge on any atom is 0.269 e. The van der Waals surface area contributed by atoms with Gasteiger partial charge in [0.1, 0.15) is 27.7 Å². The Bertz CT molecular complexity index is 2280. The molecule has 13 heteroatoms. The third kappa shape index (κ3) is 6.12. The molecule has 0 spiro atoms. The number of para-hydroxylation sites is 2. The molecule has 0 amide bonds. The van der Waals surface area contributed by atoms with Crippen LogP contribution >= 0.6 is 0 Å². The molecule has 0 fully saturated rings. The minimum Gasteiger partial charge on any atom is -0.368 e. The van der Waals surface area contributed by atoms with Gasteiger partial charge in [-0.1, -0.05) is 49.4 Å². The highest BCUT2D eigenvalue weighted by Gasteiger charge is 2.24. The van der Waals surface area contributed by atoms with E-state index in [-0.39, 0.29) is 27.6 Å². The molecule has 1 atom stereocenters. The molecule has 1 unspecified atom stereocenters. The molecule has 4 N–H and O–H groups in total. The van der Waals surface area contributed by atoms with Crippen LogP contribution in [0.15, 0.2) is 101 Å². The summed E-state index contributed by atoms with van der Waals surface area (Å²) in [5.74, 6) is -0.125. The normalized spacial score (nSPS) is 12.2. The summed E-state index contributed by atoms with van der Waals surface area (Å²) in [5, 5.41) is 3.22. The summed E-state index contributed by atoms with van der Waals surface area (Å²) in [6.45, 7) is 5.55. The average molecular weight is 651 g/mol. The van der Waals surface area contributed by atoms with E-state index >= 15 is 0 Å². The van der Waals surface area contributed by atoms with E-state index in [9.17, 15) is 17.6 Å². The number of hydrogen-bond donors (Lipinski definition) is 3. The van der Waals surface area contributed by atoms with E-state index in [0.29, 0.717) is 34.7 Å². The lowest BCUT2D eigenvalue weighted by Gasteiger charge is -2.23. The van der Waals surface area contributed by atoms with Crippen molar-refractivity contribution < 1.29 is 12.8 Å². The number of benzene rings is 3. The Morgan fingerprint density at radius 3 is 2.38 bits per heavy atom. The molecule has 0 radical (unpaired) electrons. The van der Waals surface area contributed by atoms with Gasteiger partial charge in [-0.25, -0.2) is 22.8 Å². The van der Waals surface area contributed by atoms with Crippen molar-refractivity contribution in [1.82, 2.24) is 24.5 Å². The van der Waals surface area contributed by atoms with E-state index in [1.165, 1.54) is 41.4 Å². The second-order valence-electron chi connectivity index (χ2n) is 11.0. The fourth-order valence-corrected chi connectivity index (χ4v) is 6.57. The van der Waals surface area contributed by atoms with E-state index in [2.05, 4.69) is 25.0 Å². The Kier molecular flexibility index (Phi) is 8.39. The van der Waals surface area contributed by atoms with Crippen LogP contribution in [0.2, 0.25) is 0 Å². The molecular weight excluding hydrogens is 619 g/mol. The lowest BCUT2D eigenvalue weighted by molar-refractivity contribution is 0.600. The van der Waals surface area contributed by atoms with Crippen LogP contribution in [0.3, 0.4) is 0 Å². The zero-order chi connectivity index (χ0) is 33.3. The van der Waals surface area contributed by atoms with Crippen LogP contribution in [0, 0.1) is 19.7 Å². The van der Waals surface area contributed by atoms with Gasteiger partial charge >= 0.3 is 0 Å². The zero-order valence-electron chi connectivity index (χ0n) is 25.8. The maximum absolute atomic E-state index is 14.9. The van der Waals surface area contributed by atoms with Gasteiger partial charge in [-0.15, -0.1) is 0 Å². The van der Waals surface area contributed by atoms with E-state index in [4.69, 9.17) is 10.7 Å². The molecule has 0 aliphatic heterocycles. The largest absolute Gasteiger partial charge is 0.368 e. The Morgan fingerprint density at radius 2 is 1.66 bits per heavy atom. The summed E-state index contributed by atoms with van der Waals surface area (Å²) in [6.07, 6.45) is 4.65. The van der Waals surface area contributed by atoms with Crippen LogP contribution in [0.5, 0.6) is 0 Å². The maximum atomic E-state index is 14.9. The summed E-state index contributed by atoms with van der Waals surface area (Å²) in [4.78, 5) is 31.3. The number of nitrogens with one attached hydrogen (secondary N) is 2. The molecule has 3 heterocycles. The third-order valence-corrected chi connectivity index (χ3v) is 9.09. The zero-order valence-corrected chi connectivity index (χ0v) is 26.6. The first-order valence-electron chi connectivity index (χ1n) is 14.8. The molecule has 0 saturated heterocycles. The first-order chi connectivity index (χ1) is 22.6. The second kappa shape index (κ2) is 12.6. The number of sulfonamides is 1. The van der Waals surface area contributed by atoms with Crippen LogP contribution in [-0.4, -0.2) is 32.9 Å². The number of anilines is 3. The number of fused-ring (bicyclic) bond motifs is 1. The molecule has 6 aromatic rings. The molecular formula is C34H31FN8O3S. The first kappa shape index (κ1) is 31.3. The van der Waals surface area contributed by atoms with Crippen LogP contribution in [0.25, 0.3) is 27.7 Å². The van der Waals surface area contributed by atoms with Crippen molar-refractivity contribution in [2.45, 2.75) is 38.1 Å². The topological polar surface area (TPSA) is 158 Å². The van der Waals surface area contributed by atoms with Crippen molar-refractivity contribution in [3.05, 3.63) is 125 Å². The molecule has 3 aromatic heterocycles. The van der Waals surface area contributed by atoms with E-state index in [1.54, 1.807) is 30.3 Å². The van der Waals surface area contributed by atoms with Gasteiger partial charge in [-0.2, -0.15) is 4.98 Å². The predicted molar refractivity (Wildman–Crippen MR) is 180 cm³/mol. The Balaban J connectivity index is 1.44. The highest BCUT2D eigenvalue weighted by atomic mass is 32.2. The molecule has 0 bridgehead atoms. The van der Waals surface area contributed by atoms with Crippen LogP contribution in [0.4, 0.5) is 21.8 Å². The van der Waals surface area contributed by atoms with Crippen molar-refractivity contribution in [3.63, 3.8) is 0 Å². The number of nitrogen functional groups attached to an aromatic ring is 1. The smallest absolute Gasteiger partial charge is 0.269 e. The molecule has 3 aromatic carbocycles. The summed E-state index contributed by atoms with van der Waals surface area (Å²) in [7, 11) is -4.02. The Labute approximate surface area is 270 Å². The van der Waals surface area contributed by atoms with Gasteiger partial charge in [0.15, 0.2) is 0 Å². The van der Waals surface area contributed by atoms with Crippen LogP contribution < -0.4 is 21.3 Å².